The fourth-order valence-electron chi connectivity index (χ4n) is 1.86. The van der Waals surface area contributed by atoms with E-state index in [9.17, 15) is 4.21 Å². The molecule has 0 radical (unpaired) electrons. The number of nitrogens with two attached hydrogens (primary N) is 1. The summed E-state index contributed by atoms with van der Waals surface area (Å²) in [5.41, 5.74) is 6.29. The maximum atomic E-state index is 12.1. The molecular formula is C10H14N2OS. The number of nitrogens with zero attached hydrogens (tertiary/aromatic N) is 1. The normalized spacial score (nSPS) is 19.7. The molecule has 2 rings (SSSR count). The van der Waals surface area contributed by atoms with Crippen molar-refractivity contribution in [3.8, 4) is 0 Å². The zero-order valence-corrected chi connectivity index (χ0v) is 8.80. The van der Waals surface area contributed by atoms with Gasteiger partial charge < -0.3 is 5.73 Å². The molecule has 1 atom stereocenters. The summed E-state index contributed by atoms with van der Waals surface area (Å²) in [7, 11) is -0.935. The maximum absolute atomic E-state index is 12.1. The molecule has 0 bridgehead atoms. The molecule has 1 aromatic rings. The largest absolute Gasteiger partial charge is 0.396 e. The molecule has 1 fully saturated rings. The smallest absolute Gasteiger partial charge is 0.0664 e. The third-order valence-electron chi connectivity index (χ3n) is 2.63. The summed E-state index contributed by atoms with van der Waals surface area (Å²) in [6.45, 7) is 0. The Morgan fingerprint density at radius 1 is 1.43 bits per heavy atom. The molecule has 3 nitrogen and oxygen atoms in total. The highest BCUT2D eigenvalue weighted by Gasteiger charge is 2.23. The van der Waals surface area contributed by atoms with Gasteiger partial charge >= 0.3 is 0 Å². The third-order valence-corrected chi connectivity index (χ3v) is 4.51. The summed E-state index contributed by atoms with van der Waals surface area (Å²) < 4.78 is 12.1. The monoisotopic (exact) mass is 210 g/mol. The van der Waals surface area contributed by atoms with Gasteiger partial charge in [0, 0.05) is 11.4 Å². The summed E-state index contributed by atoms with van der Waals surface area (Å²) in [5, 5.41) is 0.305. The van der Waals surface area contributed by atoms with E-state index in [2.05, 4.69) is 4.98 Å². The molecular weight excluding hydrogens is 196 g/mol. The molecule has 4 heteroatoms. The van der Waals surface area contributed by atoms with Crippen molar-refractivity contribution in [1.82, 2.24) is 4.98 Å². The second-order valence-corrected chi connectivity index (χ2v) is 5.32. The zero-order chi connectivity index (χ0) is 9.97. The molecule has 0 aromatic carbocycles. The lowest BCUT2D eigenvalue weighted by molar-refractivity contribution is 0.669. The first-order valence-electron chi connectivity index (χ1n) is 4.89. The number of aromatic nitrogens is 1. The van der Waals surface area contributed by atoms with E-state index in [4.69, 9.17) is 5.73 Å². The van der Waals surface area contributed by atoms with E-state index in [1.165, 1.54) is 12.8 Å². The second kappa shape index (κ2) is 4.09. The Bertz CT molecular complexity index is 348. The highest BCUT2D eigenvalue weighted by atomic mass is 32.2. The molecule has 1 unspecified atom stereocenters. The second-order valence-electron chi connectivity index (χ2n) is 3.62. The van der Waals surface area contributed by atoms with Crippen LogP contribution in [0.2, 0.25) is 0 Å². The van der Waals surface area contributed by atoms with E-state index in [1.54, 1.807) is 18.5 Å². The molecule has 0 aliphatic heterocycles. The Labute approximate surface area is 86.2 Å². The van der Waals surface area contributed by atoms with Crippen LogP contribution in [0.15, 0.2) is 23.4 Å². The van der Waals surface area contributed by atoms with E-state index in [0.29, 0.717) is 10.9 Å². The van der Waals surface area contributed by atoms with Crippen molar-refractivity contribution in [2.45, 2.75) is 35.8 Å². The minimum atomic E-state index is -0.935. The average Bonchev–Trinajstić information content (AvgIpc) is 2.70. The van der Waals surface area contributed by atoms with Crippen molar-refractivity contribution < 1.29 is 4.21 Å². The molecule has 0 amide bonds. The van der Waals surface area contributed by atoms with Crippen molar-refractivity contribution in [1.29, 1.82) is 0 Å². The fourth-order valence-corrected chi connectivity index (χ4v) is 3.46. The Kier molecular flexibility index (Phi) is 2.82. The van der Waals surface area contributed by atoms with Crippen LogP contribution < -0.4 is 5.73 Å². The van der Waals surface area contributed by atoms with Crippen molar-refractivity contribution in [3.63, 3.8) is 0 Å². The summed E-state index contributed by atoms with van der Waals surface area (Å²) in [6.07, 6.45) is 7.74. The van der Waals surface area contributed by atoms with Gasteiger partial charge in [-0.1, -0.05) is 12.8 Å². The van der Waals surface area contributed by atoms with Gasteiger partial charge in [-0.2, -0.15) is 0 Å². The van der Waals surface area contributed by atoms with E-state index in [1.807, 2.05) is 0 Å². The Balaban J connectivity index is 2.22. The molecule has 76 valence electrons. The maximum Gasteiger partial charge on any atom is 0.0664 e. The van der Waals surface area contributed by atoms with Crippen LogP contribution in [-0.2, 0) is 10.8 Å². The Morgan fingerprint density at radius 3 is 2.79 bits per heavy atom. The van der Waals surface area contributed by atoms with Crippen LogP contribution in [0, 0.1) is 0 Å². The number of nitrogen functional groups attached to an aromatic ring is 1. The van der Waals surface area contributed by atoms with Gasteiger partial charge in [-0.3, -0.25) is 9.19 Å². The average molecular weight is 210 g/mol. The lowest BCUT2D eigenvalue weighted by atomic mass is 10.4. The van der Waals surface area contributed by atoms with Gasteiger partial charge in [0.15, 0.2) is 0 Å². The first-order chi connectivity index (χ1) is 6.79. The van der Waals surface area contributed by atoms with Gasteiger partial charge in [-0.25, -0.2) is 0 Å². The minimum absolute atomic E-state index is 0.305. The quantitative estimate of drug-likeness (QED) is 0.808. The lowest BCUT2D eigenvalue weighted by Crippen LogP contribution is -2.12. The molecule has 14 heavy (non-hydrogen) atoms. The molecule has 1 aliphatic rings. The summed E-state index contributed by atoms with van der Waals surface area (Å²) in [6, 6.07) is 1.77. The number of hydrogen-bond donors (Lipinski definition) is 1. The minimum Gasteiger partial charge on any atom is -0.396 e. The highest BCUT2D eigenvalue weighted by Crippen LogP contribution is 2.28. The van der Waals surface area contributed by atoms with E-state index < -0.39 is 10.8 Å². The van der Waals surface area contributed by atoms with Crippen LogP contribution in [-0.4, -0.2) is 14.4 Å². The van der Waals surface area contributed by atoms with Gasteiger partial charge in [0.2, 0.25) is 0 Å². The van der Waals surface area contributed by atoms with Gasteiger partial charge in [-0.15, -0.1) is 0 Å². The van der Waals surface area contributed by atoms with Crippen LogP contribution in [0.25, 0.3) is 0 Å². The van der Waals surface area contributed by atoms with Crippen LogP contribution in [0.5, 0.6) is 0 Å². The van der Waals surface area contributed by atoms with E-state index in [0.717, 1.165) is 17.7 Å². The molecule has 2 N–H and O–H groups in total. The van der Waals surface area contributed by atoms with Gasteiger partial charge in [-0.05, 0) is 18.9 Å². The van der Waals surface area contributed by atoms with Crippen LogP contribution >= 0.6 is 0 Å². The molecule has 1 saturated carbocycles. The number of pyridine rings is 1. The Morgan fingerprint density at radius 2 is 2.14 bits per heavy atom. The predicted molar refractivity (Wildman–Crippen MR) is 57.3 cm³/mol. The van der Waals surface area contributed by atoms with Crippen molar-refractivity contribution in [2.24, 2.45) is 0 Å². The molecule has 0 saturated heterocycles. The van der Waals surface area contributed by atoms with Crippen LogP contribution in [0.1, 0.15) is 25.7 Å². The standard InChI is InChI=1S/C10H14N2OS/c11-9-7-12-6-5-10(9)14(13)8-3-1-2-4-8/h5-8H,1-4,11H2. The van der Waals surface area contributed by atoms with E-state index in [-0.39, 0.29) is 0 Å². The van der Waals surface area contributed by atoms with Crippen LogP contribution in [0.3, 0.4) is 0 Å². The van der Waals surface area contributed by atoms with Crippen LogP contribution in [0.4, 0.5) is 5.69 Å². The molecule has 0 spiro atoms. The van der Waals surface area contributed by atoms with Crippen molar-refractivity contribution in [2.75, 3.05) is 5.73 Å². The molecule has 1 aromatic heterocycles. The van der Waals surface area contributed by atoms with Gasteiger partial charge in [0.25, 0.3) is 0 Å². The zero-order valence-electron chi connectivity index (χ0n) is 7.98. The number of rotatable bonds is 2. The highest BCUT2D eigenvalue weighted by molar-refractivity contribution is 7.85. The van der Waals surface area contributed by atoms with Crippen molar-refractivity contribution >= 4 is 16.5 Å². The Hall–Kier alpha value is -0.900. The fraction of sp³-hybridized carbons (Fsp3) is 0.500. The first kappa shape index (κ1) is 9.65. The summed E-state index contributed by atoms with van der Waals surface area (Å²) >= 11 is 0. The lowest BCUT2D eigenvalue weighted by Gasteiger charge is -2.10. The summed E-state index contributed by atoms with van der Waals surface area (Å²) in [4.78, 5) is 4.65. The van der Waals surface area contributed by atoms with Gasteiger partial charge in [0.1, 0.15) is 0 Å². The van der Waals surface area contributed by atoms with Crippen molar-refractivity contribution in [3.05, 3.63) is 18.5 Å². The molecule has 1 heterocycles. The van der Waals surface area contributed by atoms with Gasteiger partial charge in [0.05, 0.1) is 27.6 Å². The molecule has 1 aliphatic carbocycles. The summed E-state index contributed by atoms with van der Waals surface area (Å²) in [5.74, 6) is 0. The topological polar surface area (TPSA) is 56.0 Å². The first-order valence-corrected chi connectivity index (χ1v) is 6.10. The predicted octanol–water partition coefficient (Wildman–Crippen LogP) is 1.71. The van der Waals surface area contributed by atoms with E-state index >= 15 is 0 Å². The SMILES string of the molecule is Nc1cnccc1S(=O)C1CCCC1. The number of hydrogen-bond acceptors (Lipinski definition) is 3. The third kappa shape index (κ3) is 1.80. The number of anilines is 1.